The summed E-state index contributed by atoms with van der Waals surface area (Å²) in [7, 11) is 0. The van der Waals surface area contributed by atoms with Crippen LogP contribution in [-0.2, 0) is 0 Å². The van der Waals surface area contributed by atoms with Gasteiger partial charge in [0.2, 0.25) is 0 Å². The van der Waals surface area contributed by atoms with E-state index in [0.717, 1.165) is 12.2 Å². The minimum absolute atomic E-state index is 0.00301. The molecule has 1 aliphatic rings. The van der Waals surface area contributed by atoms with Gasteiger partial charge in [0.15, 0.2) is 0 Å². The smallest absolute Gasteiger partial charge is 0.128 e. The van der Waals surface area contributed by atoms with Crippen molar-refractivity contribution in [3.8, 4) is 5.75 Å². The molecule has 1 N–H and O–H groups in total. The zero-order valence-corrected chi connectivity index (χ0v) is 9.97. The number of hydrogen-bond donors (Lipinski definition) is 1. The minimum atomic E-state index is -0.531. The molecule has 2 rings (SSSR count). The van der Waals surface area contributed by atoms with Gasteiger partial charge >= 0.3 is 0 Å². The third-order valence-corrected chi connectivity index (χ3v) is 3.40. The maximum absolute atomic E-state index is 13.0. The van der Waals surface area contributed by atoms with E-state index in [1.807, 2.05) is 6.26 Å². The summed E-state index contributed by atoms with van der Waals surface area (Å²) in [4.78, 5) is 0. The van der Waals surface area contributed by atoms with Gasteiger partial charge in [0.25, 0.3) is 0 Å². The summed E-state index contributed by atoms with van der Waals surface area (Å²) in [5, 5.41) is 9.91. The van der Waals surface area contributed by atoms with Gasteiger partial charge in [-0.1, -0.05) is 0 Å². The molecule has 88 valence electrons. The van der Waals surface area contributed by atoms with Crippen LogP contribution in [0.4, 0.5) is 4.39 Å². The molecule has 1 aliphatic heterocycles. The van der Waals surface area contributed by atoms with Crippen LogP contribution in [0.25, 0.3) is 0 Å². The first-order valence-electron chi connectivity index (χ1n) is 5.34. The van der Waals surface area contributed by atoms with E-state index >= 15 is 0 Å². The van der Waals surface area contributed by atoms with Crippen molar-refractivity contribution in [3.63, 3.8) is 0 Å². The van der Waals surface area contributed by atoms with Gasteiger partial charge in [-0.05, 0) is 30.6 Å². The van der Waals surface area contributed by atoms with Crippen LogP contribution < -0.4 is 4.74 Å². The Kier molecular flexibility index (Phi) is 3.71. The van der Waals surface area contributed by atoms with Crippen LogP contribution in [0.1, 0.15) is 24.5 Å². The van der Waals surface area contributed by atoms with Crippen LogP contribution in [0.2, 0.25) is 0 Å². The predicted molar refractivity (Wildman–Crippen MR) is 63.4 cm³/mol. The molecule has 1 aromatic carbocycles. The number of fused-ring (bicyclic) bond motifs is 1. The van der Waals surface area contributed by atoms with Gasteiger partial charge in [0.05, 0.1) is 6.10 Å². The summed E-state index contributed by atoms with van der Waals surface area (Å²) < 4.78 is 18.7. The number of thioether (sulfide) groups is 1. The number of aliphatic hydroxyl groups excluding tert-OH is 1. The molecule has 1 aromatic rings. The quantitative estimate of drug-likeness (QED) is 0.883. The first kappa shape index (κ1) is 11.7. The molecule has 1 heterocycles. The second kappa shape index (κ2) is 5.06. The van der Waals surface area contributed by atoms with Gasteiger partial charge < -0.3 is 9.84 Å². The number of benzene rings is 1. The predicted octanol–water partition coefficient (Wildman–Crippen LogP) is 2.76. The van der Waals surface area contributed by atoms with E-state index in [-0.39, 0.29) is 11.9 Å². The number of rotatable bonds is 3. The van der Waals surface area contributed by atoms with Crippen LogP contribution in [0.15, 0.2) is 18.2 Å². The Morgan fingerprint density at radius 3 is 3.12 bits per heavy atom. The Balaban J connectivity index is 2.14. The first-order valence-corrected chi connectivity index (χ1v) is 6.73. The summed E-state index contributed by atoms with van der Waals surface area (Å²) >= 11 is 1.75. The lowest BCUT2D eigenvalue weighted by Gasteiger charge is -2.29. The molecular formula is C12H15FO2S. The standard InChI is InChI=1S/C12H15FO2S/c1-16-5-4-9-7-11(14)10-3-2-8(13)6-12(10)15-9/h2-3,6,9,11,14H,4-5,7H2,1H3. The van der Waals surface area contributed by atoms with E-state index in [1.54, 1.807) is 17.8 Å². The van der Waals surface area contributed by atoms with Gasteiger partial charge in [-0.15, -0.1) is 0 Å². The molecule has 0 saturated carbocycles. The molecule has 0 radical (unpaired) electrons. The lowest BCUT2D eigenvalue weighted by molar-refractivity contribution is 0.0645. The fourth-order valence-electron chi connectivity index (χ4n) is 1.92. The highest BCUT2D eigenvalue weighted by molar-refractivity contribution is 7.98. The van der Waals surface area contributed by atoms with Crippen molar-refractivity contribution in [1.29, 1.82) is 0 Å². The van der Waals surface area contributed by atoms with E-state index in [2.05, 4.69) is 0 Å². The third-order valence-electron chi connectivity index (χ3n) is 2.76. The number of aliphatic hydroxyl groups is 1. The van der Waals surface area contributed by atoms with Gasteiger partial charge in [-0.3, -0.25) is 0 Å². The SMILES string of the molecule is CSCCC1CC(O)c2ccc(F)cc2O1. The van der Waals surface area contributed by atoms with Gasteiger partial charge in [-0.25, -0.2) is 4.39 Å². The summed E-state index contributed by atoms with van der Waals surface area (Å²) in [6.07, 6.45) is 2.98. The second-order valence-electron chi connectivity index (χ2n) is 3.95. The van der Waals surface area contributed by atoms with E-state index in [1.165, 1.54) is 12.1 Å². The molecule has 0 aliphatic carbocycles. The second-order valence-corrected chi connectivity index (χ2v) is 4.94. The molecule has 0 fully saturated rings. The van der Waals surface area contributed by atoms with Crippen molar-refractivity contribution in [3.05, 3.63) is 29.6 Å². The first-order chi connectivity index (χ1) is 7.70. The Morgan fingerprint density at radius 1 is 1.56 bits per heavy atom. The van der Waals surface area contributed by atoms with Crippen molar-refractivity contribution >= 4 is 11.8 Å². The fraction of sp³-hybridized carbons (Fsp3) is 0.500. The lowest BCUT2D eigenvalue weighted by Crippen LogP contribution is -2.26. The average Bonchev–Trinajstić information content (AvgIpc) is 2.25. The van der Waals surface area contributed by atoms with Crippen LogP contribution in [-0.4, -0.2) is 23.2 Å². The molecule has 0 saturated heterocycles. The van der Waals surface area contributed by atoms with Gasteiger partial charge in [0, 0.05) is 18.1 Å². The number of ether oxygens (including phenoxy) is 1. The van der Waals surface area contributed by atoms with Crippen LogP contribution in [0.5, 0.6) is 5.75 Å². The summed E-state index contributed by atoms with van der Waals surface area (Å²) in [5.41, 5.74) is 0.696. The highest BCUT2D eigenvalue weighted by Crippen LogP contribution is 2.36. The molecule has 0 aromatic heterocycles. The third kappa shape index (κ3) is 2.50. The molecule has 2 nitrogen and oxygen atoms in total. The molecule has 0 bridgehead atoms. The largest absolute Gasteiger partial charge is 0.490 e. The van der Waals surface area contributed by atoms with Crippen molar-refractivity contribution in [2.24, 2.45) is 0 Å². The van der Waals surface area contributed by atoms with E-state index in [0.29, 0.717) is 17.7 Å². The van der Waals surface area contributed by atoms with Crippen LogP contribution in [0, 0.1) is 5.82 Å². The van der Waals surface area contributed by atoms with E-state index < -0.39 is 6.10 Å². The van der Waals surface area contributed by atoms with Crippen molar-refractivity contribution in [2.75, 3.05) is 12.0 Å². The summed E-state index contributed by atoms with van der Waals surface area (Å²) in [6.45, 7) is 0. The maximum atomic E-state index is 13.0. The van der Waals surface area contributed by atoms with Crippen molar-refractivity contribution < 1.29 is 14.2 Å². The molecule has 0 spiro atoms. The van der Waals surface area contributed by atoms with Crippen LogP contribution in [0.3, 0.4) is 0 Å². The van der Waals surface area contributed by atoms with Gasteiger partial charge in [-0.2, -0.15) is 11.8 Å². The Hall–Kier alpha value is -0.740. The summed E-state index contributed by atoms with van der Waals surface area (Å²) in [6, 6.07) is 4.30. The van der Waals surface area contributed by atoms with Crippen LogP contribution >= 0.6 is 11.8 Å². The molecular weight excluding hydrogens is 227 g/mol. The molecule has 4 heteroatoms. The normalized spacial score (nSPS) is 23.7. The number of hydrogen-bond acceptors (Lipinski definition) is 3. The maximum Gasteiger partial charge on any atom is 0.128 e. The van der Waals surface area contributed by atoms with Crippen molar-refractivity contribution in [1.82, 2.24) is 0 Å². The minimum Gasteiger partial charge on any atom is -0.490 e. The Labute approximate surface area is 98.8 Å². The van der Waals surface area contributed by atoms with Crippen molar-refractivity contribution in [2.45, 2.75) is 25.0 Å². The highest BCUT2D eigenvalue weighted by Gasteiger charge is 2.26. The molecule has 2 atom stereocenters. The topological polar surface area (TPSA) is 29.5 Å². The average molecular weight is 242 g/mol. The molecule has 0 amide bonds. The number of halogens is 1. The van der Waals surface area contributed by atoms with E-state index in [9.17, 15) is 9.50 Å². The van der Waals surface area contributed by atoms with Gasteiger partial charge in [0.1, 0.15) is 17.7 Å². The zero-order valence-electron chi connectivity index (χ0n) is 9.15. The Bertz CT molecular complexity index is 370. The Morgan fingerprint density at radius 2 is 2.38 bits per heavy atom. The molecule has 2 unspecified atom stereocenters. The summed E-state index contributed by atoms with van der Waals surface area (Å²) in [5.74, 6) is 1.16. The van der Waals surface area contributed by atoms with E-state index in [4.69, 9.17) is 4.74 Å². The fourth-order valence-corrected chi connectivity index (χ4v) is 2.41. The molecule has 16 heavy (non-hydrogen) atoms. The lowest BCUT2D eigenvalue weighted by atomic mass is 9.98. The highest BCUT2D eigenvalue weighted by atomic mass is 32.2. The zero-order chi connectivity index (χ0) is 11.5. The monoisotopic (exact) mass is 242 g/mol.